The SMILES string of the molecule is NC(=O)C#Cc1cc(F)c(N)cc1F. The molecular weight excluding hydrogens is 190 g/mol. The quantitative estimate of drug-likeness (QED) is 0.465. The van der Waals surface area contributed by atoms with Gasteiger partial charge in [0.15, 0.2) is 0 Å². The molecule has 0 fully saturated rings. The molecule has 3 nitrogen and oxygen atoms in total. The summed E-state index contributed by atoms with van der Waals surface area (Å²) in [4.78, 5) is 10.2. The van der Waals surface area contributed by atoms with Crippen molar-refractivity contribution >= 4 is 11.6 Å². The van der Waals surface area contributed by atoms with Gasteiger partial charge < -0.3 is 11.5 Å². The Hall–Kier alpha value is -2.09. The summed E-state index contributed by atoms with van der Waals surface area (Å²) in [6.45, 7) is 0. The second kappa shape index (κ2) is 3.75. The van der Waals surface area contributed by atoms with Crippen molar-refractivity contribution in [2.75, 3.05) is 5.73 Å². The van der Waals surface area contributed by atoms with Crippen molar-refractivity contribution in [1.29, 1.82) is 0 Å². The van der Waals surface area contributed by atoms with E-state index in [0.717, 1.165) is 12.1 Å². The molecule has 0 aliphatic rings. The molecule has 0 bridgehead atoms. The van der Waals surface area contributed by atoms with E-state index in [4.69, 9.17) is 11.5 Å². The average Bonchev–Trinajstić information content (AvgIpc) is 2.09. The number of benzene rings is 1. The maximum absolute atomic E-state index is 13.0. The van der Waals surface area contributed by atoms with Crippen molar-refractivity contribution in [2.24, 2.45) is 5.73 Å². The van der Waals surface area contributed by atoms with Gasteiger partial charge in [-0.2, -0.15) is 0 Å². The van der Waals surface area contributed by atoms with E-state index in [1.165, 1.54) is 0 Å². The van der Waals surface area contributed by atoms with Crippen LogP contribution >= 0.6 is 0 Å². The highest BCUT2D eigenvalue weighted by Gasteiger charge is 2.05. The van der Waals surface area contributed by atoms with Gasteiger partial charge in [-0.25, -0.2) is 8.78 Å². The molecule has 1 aromatic rings. The van der Waals surface area contributed by atoms with E-state index in [-0.39, 0.29) is 11.3 Å². The Morgan fingerprint density at radius 1 is 1.29 bits per heavy atom. The first kappa shape index (κ1) is 9.99. The van der Waals surface area contributed by atoms with Gasteiger partial charge in [-0.1, -0.05) is 5.92 Å². The predicted octanol–water partition coefficient (Wildman–Crippen LogP) is 0.384. The number of primary amides is 1. The fourth-order valence-electron chi connectivity index (χ4n) is 0.787. The fraction of sp³-hybridized carbons (Fsp3) is 0. The molecule has 0 aliphatic heterocycles. The zero-order valence-electron chi connectivity index (χ0n) is 6.97. The first-order valence-electron chi connectivity index (χ1n) is 3.56. The second-order valence-corrected chi connectivity index (χ2v) is 2.47. The third-order valence-electron chi connectivity index (χ3n) is 1.41. The van der Waals surface area contributed by atoms with Gasteiger partial charge >= 0.3 is 0 Å². The first-order valence-corrected chi connectivity index (χ1v) is 3.56. The second-order valence-electron chi connectivity index (χ2n) is 2.47. The van der Waals surface area contributed by atoms with Gasteiger partial charge in [0.25, 0.3) is 5.91 Å². The Morgan fingerprint density at radius 3 is 2.50 bits per heavy atom. The number of hydrogen-bond acceptors (Lipinski definition) is 2. The summed E-state index contributed by atoms with van der Waals surface area (Å²) < 4.78 is 25.8. The number of nitrogen functional groups attached to an aromatic ring is 1. The van der Waals surface area contributed by atoms with Gasteiger partial charge in [-0.15, -0.1) is 0 Å². The number of rotatable bonds is 0. The standard InChI is InChI=1S/C9H6F2N2O/c10-6-4-8(12)7(11)3-5(6)1-2-9(13)14/h3-4H,12H2,(H2,13,14). The van der Waals surface area contributed by atoms with Crippen LogP contribution in [0.1, 0.15) is 5.56 Å². The van der Waals surface area contributed by atoms with Crippen LogP contribution in [0.4, 0.5) is 14.5 Å². The van der Waals surface area contributed by atoms with Gasteiger partial charge in [0.05, 0.1) is 11.3 Å². The highest BCUT2D eigenvalue weighted by Crippen LogP contribution is 2.15. The van der Waals surface area contributed by atoms with Crippen LogP contribution < -0.4 is 11.5 Å². The molecule has 0 heterocycles. The van der Waals surface area contributed by atoms with Crippen molar-refractivity contribution in [3.63, 3.8) is 0 Å². The minimum Gasteiger partial charge on any atom is -0.396 e. The van der Waals surface area contributed by atoms with Crippen LogP contribution in [0.2, 0.25) is 0 Å². The van der Waals surface area contributed by atoms with Crippen LogP contribution in [-0.4, -0.2) is 5.91 Å². The van der Waals surface area contributed by atoms with E-state index in [2.05, 4.69) is 5.92 Å². The van der Waals surface area contributed by atoms with Gasteiger partial charge in [0, 0.05) is 12.0 Å². The van der Waals surface area contributed by atoms with E-state index >= 15 is 0 Å². The molecule has 0 saturated carbocycles. The monoisotopic (exact) mass is 196 g/mol. The van der Waals surface area contributed by atoms with E-state index in [0.29, 0.717) is 0 Å². The molecular formula is C9H6F2N2O. The summed E-state index contributed by atoms with van der Waals surface area (Å²) in [6, 6.07) is 1.60. The Balaban J connectivity index is 3.18. The highest BCUT2D eigenvalue weighted by molar-refractivity contribution is 5.92. The van der Waals surface area contributed by atoms with Crippen LogP contribution in [0.3, 0.4) is 0 Å². The zero-order valence-corrected chi connectivity index (χ0v) is 6.97. The van der Waals surface area contributed by atoms with Gasteiger partial charge in [0.1, 0.15) is 11.6 Å². The smallest absolute Gasteiger partial charge is 0.293 e. The number of amides is 1. The lowest BCUT2D eigenvalue weighted by atomic mass is 10.2. The molecule has 0 radical (unpaired) electrons. The largest absolute Gasteiger partial charge is 0.396 e. The van der Waals surface area contributed by atoms with Gasteiger partial charge in [-0.3, -0.25) is 4.79 Å². The molecule has 72 valence electrons. The lowest BCUT2D eigenvalue weighted by Crippen LogP contribution is -2.06. The maximum atomic E-state index is 13.0. The maximum Gasteiger partial charge on any atom is 0.293 e. The minimum absolute atomic E-state index is 0.254. The van der Waals surface area contributed by atoms with Gasteiger partial charge in [0.2, 0.25) is 0 Å². The number of halogens is 2. The Bertz CT molecular complexity index is 446. The fourth-order valence-corrected chi connectivity index (χ4v) is 0.787. The van der Waals surface area contributed by atoms with Crippen LogP contribution in [0.15, 0.2) is 12.1 Å². The Morgan fingerprint density at radius 2 is 1.93 bits per heavy atom. The molecule has 0 aromatic heterocycles. The zero-order chi connectivity index (χ0) is 10.7. The number of carbonyl (C=O) groups is 1. The molecule has 14 heavy (non-hydrogen) atoms. The lowest BCUT2D eigenvalue weighted by Gasteiger charge is -1.98. The van der Waals surface area contributed by atoms with Crippen molar-refractivity contribution in [2.45, 2.75) is 0 Å². The molecule has 0 atom stereocenters. The van der Waals surface area contributed by atoms with Crippen molar-refractivity contribution in [3.8, 4) is 11.8 Å². The summed E-state index contributed by atoms with van der Waals surface area (Å²) in [5.74, 6) is 1.48. The minimum atomic E-state index is -0.915. The number of carbonyl (C=O) groups excluding carboxylic acids is 1. The van der Waals surface area contributed by atoms with E-state index in [1.807, 2.05) is 5.92 Å². The molecule has 5 heteroatoms. The van der Waals surface area contributed by atoms with Gasteiger partial charge in [-0.05, 0) is 6.07 Å². The molecule has 0 unspecified atom stereocenters. The predicted molar refractivity (Wildman–Crippen MR) is 46.8 cm³/mol. The van der Waals surface area contributed by atoms with E-state index in [9.17, 15) is 13.6 Å². The first-order chi connectivity index (χ1) is 6.50. The number of nitrogens with two attached hydrogens (primary N) is 2. The number of hydrogen-bond donors (Lipinski definition) is 2. The Kier molecular flexibility index (Phi) is 2.67. The van der Waals surface area contributed by atoms with Crippen LogP contribution in [0.25, 0.3) is 0 Å². The van der Waals surface area contributed by atoms with E-state index in [1.54, 1.807) is 0 Å². The summed E-state index contributed by atoms with van der Waals surface area (Å²) >= 11 is 0. The third kappa shape index (κ3) is 2.20. The normalized spacial score (nSPS) is 9.00. The molecule has 1 amide bonds. The Labute approximate surface area is 78.7 Å². The molecule has 0 aliphatic carbocycles. The van der Waals surface area contributed by atoms with Crippen LogP contribution in [-0.2, 0) is 4.79 Å². The average molecular weight is 196 g/mol. The van der Waals surface area contributed by atoms with Crippen molar-refractivity contribution in [3.05, 3.63) is 29.3 Å². The highest BCUT2D eigenvalue weighted by atomic mass is 19.1. The van der Waals surface area contributed by atoms with Crippen molar-refractivity contribution < 1.29 is 13.6 Å². The number of anilines is 1. The van der Waals surface area contributed by atoms with Crippen LogP contribution in [0, 0.1) is 23.5 Å². The van der Waals surface area contributed by atoms with Crippen molar-refractivity contribution in [1.82, 2.24) is 0 Å². The summed E-state index contributed by atoms with van der Waals surface area (Å²) in [5.41, 5.74) is 9.23. The molecule has 1 aromatic carbocycles. The molecule has 0 spiro atoms. The summed E-state index contributed by atoms with van der Waals surface area (Å²) in [7, 11) is 0. The molecule has 0 saturated heterocycles. The molecule has 1 rings (SSSR count). The van der Waals surface area contributed by atoms with E-state index < -0.39 is 17.5 Å². The van der Waals surface area contributed by atoms with Crippen LogP contribution in [0.5, 0.6) is 0 Å². The topological polar surface area (TPSA) is 69.1 Å². The lowest BCUT2D eigenvalue weighted by molar-refractivity contribution is -0.112. The molecule has 4 N–H and O–H groups in total. The summed E-state index contributed by atoms with van der Waals surface area (Å²) in [5, 5.41) is 0. The summed E-state index contributed by atoms with van der Waals surface area (Å²) in [6.07, 6.45) is 0. The third-order valence-corrected chi connectivity index (χ3v) is 1.41.